The molecule has 1 aliphatic rings. The molecule has 7 nitrogen and oxygen atoms in total. The summed E-state index contributed by atoms with van der Waals surface area (Å²) in [5, 5.41) is 12.7. The van der Waals surface area contributed by atoms with Gasteiger partial charge in [0.1, 0.15) is 17.9 Å². The van der Waals surface area contributed by atoms with Gasteiger partial charge in [-0.1, -0.05) is 6.07 Å². The van der Waals surface area contributed by atoms with Crippen molar-refractivity contribution in [3.8, 4) is 0 Å². The van der Waals surface area contributed by atoms with E-state index in [1.807, 2.05) is 12.1 Å². The predicted molar refractivity (Wildman–Crippen MR) is 111 cm³/mol. The minimum Gasteiger partial charge on any atom is -0.469 e. The Labute approximate surface area is 168 Å². The van der Waals surface area contributed by atoms with Gasteiger partial charge in [0.2, 0.25) is 0 Å². The minimum absolute atomic E-state index is 0.453. The Kier molecular flexibility index (Phi) is 6.39. The SMILES string of the molecule is c1coc(CCNC(=NCCc2cccs2)N2CCC(c3ncn[nH]3)CC2)c1. The number of thiophene rings is 1. The van der Waals surface area contributed by atoms with Crippen molar-refractivity contribution in [3.05, 3.63) is 58.7 Å². The van der Waals surface area contributed by atoms with Crippen LogP contribution in [0.5, 0.6) is 0 Å². The lowest BCUT2D eigenvalue weighted by molar-refractivity contribution is 0.298. The summed E-state index contributed by atoms with van der Waals surface area (Å²) in [4.78, 5) is 13.0. The van der Waals surface area contributed by atoms with Crippen molar-refractivity contribution in [2.24, 2.45) is 4.99 Å². The van der Waals surface area contributed by atoms with Gasteiger partial charge in [0.05, 0.1) is 6.26 Å². The Morgan fingerprint density at radius 2 is 2.21 bits per heavy atom. The monoisotopic (exact) mass is 398 g/mol. The molecule has 0 aliphatic carbocycles. The molecule has 0 bridgehead atoms. The lowest BCUT2D eigenvalue weighted by Gasteiger charge is -2.33. The summed E-state index contributed by atoms with van der Waals surface area (Å²) in [6, 6.07) is 8.21. The number of aromatic amines is 1. The molecule has 28 heavy (non-hydrogen) atoms. The first-order valence-corrected chi connectivity index (χ1v) is 10.7. The summed E-state index contributed by atoms with van der Waals surface area (Å²) >= 11 is 1.79. The first-order valence-electron chi connectivity index (χ1n) is 9.82. The van der Waals surface area contributed by atoms with Crippen molar-refractivity contribution in [1.82, 2.24) is 25.4 Å². The number of guanidine groups is 1. The highest BCUT2D eigenvalue weighted by molar-refractivity contribution is 7.09. The van der Waals surface area contributed by atoms with Crippen LogP contribution in [0.25, 0.3) is 0 Å². The number of H-pyrrole nitrogens is 1. The Morgan fingerprint density at radius 1 is 1.29 bits per heavy atom. The number of likely N-dealkylation sites (tertiary alicyclic amines) is 1. The third-order valence-corrected chi connectivity index (χ3v) is 5.99. The normalized spacial score (nSPS) is 15.9. The highest BCUT2D eigenvalue weighted by atomic mass is 32.1. The Bertz CT molecular complexity index is 820. The smallest absolute Gasteiger partial charge is 0.193 e. The van der Waals surface area contributed by atoms with Crippen LogP contribution in [-0.4, -0.2) is 52.2 Å². The van der Waals surface area contributed by atoms with Crippen LogP contribution in [0.4, 0.5) is 0 Å². The van der Waals surface area contributed by atoms with E-state index in [0.717, 1.165) is 69.4 Å². The van der Waals surface area contributed by atoms with Gasteiger partial charge in [-0.2, -0.15) is 5.10 Å². The fourth-order valence-corrected chi connectivity index (χ4v) is 4.22. The highest BCUT2D eigenvalue weighted by Crippen LogP contribution is 2.25. The molecule has 148 valence electrons. The van der Waals surface area contributed by atoms with E-state index in [0.29, 0.717) is 5.92 Å². The number of hydrogen-bond donors (Lipinski definition) is 2. The van der Waals surface area contributed by atoms with Crippen molar-refractivity contribution >= 4 is 17.3 Å². The maximum atomic E-state index is 5.44. The van der Waals surface area contributed by atoms with Crippen molar-refractivity contribution in [3.63, 3.8) is 0 Å². The molecule has 0 spiro atoms. The molecule has 0 aromatic carbocycles. The third-order valence-electron chi connectivity index (χ3n) is 5.05. The lowest BCUT2D eigenvalue weighted by atomic mass is 9.96. The van der Waals surface area contributed by atoms with Gasteiger partial charge >= 0.3 is 0 Å². The predicted octanol–water partition coefficient (Wildman–Crippen LogP) is 3.07. The topological polar surface area (TPSA) is 82.3 Å². The maximum absolute atomic E-state index is 5.44. The van der Waals surface area contributed by atoms with E-state index >= 15 is 0 Å². The van der Waals surface area contributed by atoms with E-state index in [1.54, 1.807) is 23.9 Å². The lowest BCUT2D eigenvalue weighted by Crippen LogP contribution is -2.46. The first kappa shape index (κ1) is 18.7. The summed E-state index contributed by atoms with van der Waals surface area (Å²) in [6.45, 7) is 3.55. The highest BCUT2D eigenvalue weighted by Gasteiger charge is 2.24. The van der Waals surface area contributed by atoms with Crippen LogP contribution in [0, 0.1) is 0 Å². The number of aromatic nitrogens is 3. The number of rotatable bonds is 7. The van der Waals surface area contributed by atoms with Crippen molar-refractivity contribution in [2.45, 2.75) is 31.6 Å². The van der Waals surface area contributed by atoms with E-state index in [1.165, 1.54) is 4.88 Å². The molecule has 0 amide bonds. The van der Waals surface area contributed by atoms with Gasteiger partial charge in [-0.3, -0.25) is 10.1 Å². The number of nitrogens with one attached hydrogen (secondary N) is 2. The molecule has 8 heteroatoms. The zero-order valence-electron chi connectivity index (χ0n) is 15.9. The van der Waals surface area contributed by atoms with Gasteiger partial charge in [0, 0.05) is 49.8 Å². The van der Waals surface area contributed by atoms with Crippen LogP contribution >= 0.6 is 11.3 Å². The molecule has 0 atom stereocenters. The van der Waals surface area contributed by atoms with Crippen LogP contribution in [0.15, 0.2) is 51.6 Å². The zero-order chi connectivity index (χ0) is 19.0. The maximum Gasteiger partial charge on any atom is 0.193 e. The summed E-state index contributed by atoms with van der Waals surface area (Å²) in [6.07, 6.45) is 7.26. The second kappa shape index (κ2) is 9.54. The quantitative estimate of drug-likeness (QED) is 0.472. The number of hydrogen-bond acceptors (Lipinski definition) is 5. The van der Waals surface area contributed by atoms with Crippen molar-refractivity contribution < 1.29 is 4.42 Å². The number of nitrogens with zero attached hydrogens (tertiary/aromatic N) is 4. The van der Waals surface area contributed by atoms with Crippen LogP contribution in [0.3, 0.4) is 0 Å². The van der Waals surface area contributed by atoms with Gasteiger partial charge < -0.3 is 14.6 Å². The molecular formula is C20H26N6OS. The molecule has 1 saturated heterocycles. The summed E-state index contributed by atoms with van der Waals surface area (Å²) in [5.41, 5.74) is 0. The Hall–Kier alpha value is -2.61. The molecule has 1 aliphatic heterocycles. The number of piperidine rings is 1. The second-order valence-electron chi connectivity index (χ2n) is 6.92. The fraction of sp³-hybridized carbons (Fsp3) is 0.450. The average molecular weight is 399 g/mol. The molecule has 0 radical (unpaired) electrons. The molecule has 3 aromatic heterocycles. The summed E-state index contributed by atoms with van der Waals surface area (Å²) in [7, 11) is 0. The van der Waals surface area contributed by atoms with Crippen LogP contribution in [0.2, 0.25) is 0 Å². The van der Waals surface area contributed by atoms with E-state index in [9.17, 15) is 0 Å². The molecule has 4 heterocycles. The molecule has 1 fully saturated rings. The van der Waals surface area contributed by atoms with Gasteiger partial charge in [-0.05, 0) is 36.4 Å². The standard InChI is InChI=1S/C20H26N6OS/c1-3-17(27-13-1)5-9-21-20(22-10-6-18-4-2-14-28-18)26-11-7-16(8-12-26)19-23-15-24-25-19/h1-4,13-16H,5-12H2,(H,21,22)(H,23,24,25). The molecular weight excluding hydrogens is 372 g/mol. The molecule has 0 unspecified atom stereocenters. The number of furan rings is 1. The molecule has 3 aromatic rings. The molecule has 4 rings (SSSR count). The van der Waals surface area contributed by atoms with E-state index < -0.39 is 0 Å². The second-order valence-corrected chi connectivity index (χ2v) is 7.96. The van der Waals surface area contributed by atoms with Crippen molar-refractivity contribution in [1.29, 1.82) is 0 Å². The van der Waals surface area contributed by atoms with Crippen LogP contribution in [0.1, 0.15) is 35.2 Å². The van der Waals surface area contributed by atoms with Gasteiger partial charge in [-0.25, -0.2) is 4.98 Å². The summed E-state index contributed by atoms with van der Waals surface area (Å²) < 4.78 is 5.44. The Morgan fingerprint density at radius 3 is 2.93 bits per heavy atom. The summed E-state index contributed by atoms with van der Waals surface area (Å²) in [5.74, 6) is 3.45. The van der Waals surface area contributed by atoms with Gasteiger partial charge in [0.15, 0.2) is 5.96 Å². The van der Waals surface area contributed by atoms with Crippen LogP contribution in [-0.2, 0) is 12.8 Å². The first-order chi connectivity index (χ1) is 13.9. The largest absolute Gasteiger partial charge is 0.469 e. The average Bonchev–Trinajstić information content (AvgIpc) is 3.50. The minimum atomic E-state index is 0.453. The van der Waals surface area contributed by atoms with Gasteiger partial charge in [0.25, 0.3) is 0 Å². The van der Waals surface area contributed by atoms with Crippen molar-refractivity contribution in [2.75, 3.05) is 26.2 Å². The number of aliphatic imine (C=N–C) groups is 1. The zero-order valence-corrected chi connectivity index (χ0v) is 16.7. The Balaban J connectivity index is 1.34. The molecule has 0 saturated carbocycles. The third kappa shape index (κ3) is 5.01. The van der Waals surface area contributed by atoms with Crippen LogP contribution < -0.4 is 5.32 Å². The van der Waals surface area contributed by atoms with E-state index in [4.69, 9.17) is 9.41 Å². The van der Waals surface area contributed by atoms with Gasteiger partial charge in [-0.15, -0.1) is 11.3 Å². The molecule has 2 N–H and O–H groups in total. The fourth-order valence-electron chi connectivity index (χ4n) is 3.52. The van der Waals surface area contributed by atoms with E-state index in [-0.39, 0.29) is 0 Å². The van der Waals surface area contributed by atoms with E-state index in [2.05, 4.69) is 42.9 Å².